The van der Waals surface area contributed by atoms with Crippen LogP contribution in [0.2, 0.25) is 0 Å². The number of amides is 1. The van der Waals surface area contributed by atoms with Crippen LogP contribution in [0.3, 0.4) is 0 Å². The maximum atomic E-state index is 13.2. The molecule has 0 aliphatic carbocycles. The molecule has 0 saturated heterocycles. The highest BCUT2D eigenvalue weighted by Gasteiger charge is 2.28. The zero-order valence-corrected chi connectivity index (χ0v) is 21.3. The zero-order chi connectivity index (χ0) is 26.4. The third kappa shape index (κ3) is 3.97. The molecule has 38 heavy (non-hydrogen) atoms. The number of hydrogen-bond acceptors (Lipinski definition) is 6. The number of ether oxygens (including phenoxy) is 1. The molecule has 0 unspecified atom stereocenters. The number of alkyl halides is 1. The second-order valence-corrected chi connectivity index (χ2v) is 9.64. The number of hydrogen-bond donors (Lipinski definition) is 1. The molecule has 4 heterocycles. The Kier molecular flexibility index (Phi) is 6.03. The van der Waals surface area contributed by atoms with E-state index >= 15 is 0 Å². The lowest BCUT2D eigenvalue weighted by molar-refractivity contribution is 0.0725. The van der Waals surface area contributed by atoms with E-state index in [-0.39, 0.29) is 12.5 Å². The molecule has 2 N–H and O–H groups in total. The number of carbonyl (C=O) groups is 1. The predicted octanol–water partition coefficient (Wildman–Crippen LogP) is 3.34. The molecule has 0 spiro atoms. The standard InChI is InChI=1S/C28H28FN7O2/c1-34-23-11-17-8-10-35(15-19(30)14-29)28(37)21(17)13-22(23)32-27(34)24-12-18-5-3-7-25(38-2)26(18)36(24)16-20-6-4-9-31-33-20/h3-7,9,11-13,19H,8,10,14-16,30H2,1-2H3/t19-/m1/s1. The van der Waals surface area contributed by atoms with E-state index in [0.29, 0.717) is 25.1 Å². The van der Waals surface area contributed by atoms with Gasteiger partial charge in [-0.1, -0.05) is 12.1 Å². The molecule has 1 aliphatic rings. The second kappa shape index (κ2) is 9.53. The van der Waals surface area contributed by atoms with Gasteiger partial charge < -0.3 is 24.5 Å². The lowest BCUT2D eigenvalue weighted by atomic mass is 9.97. The monoisotopic (exact) mass is 513 g/mol. The van der Waals surface area contributed by atoms with Gasteiger partial charge in [0, 0.05) is 37.3 Å². The first-order valence-corrected chi connectivity index (χ1v) is 12.5. The van der Waals surface area contributed by atoms with Gasteiger partial charge in [-0.2, -0.15) is 10.2 Å². The van der Waals surface area contributed by atoms with E-state index in [1.807, 2.05) is 49.5 Å². The summed E-state index contributed by atoms with van der Waals surface area (Å²) in [6.07, 6.45) is 2.33. The van der Waals surface area contributed by atoms with Crippen LogP contribution in [-0.4, -0.2) is 68.0 Å². The number of nitrogens with two attached hydrogens (primary N) is 1. The van der Waals surface area contributed by atoms with Crippen LogP contribution in [0, 0.1) is 0 Å². The lowest BCUT2D eigenvalue weighted by Crippen LogP contribution is -2.45. The summed E-state index contributed by atoms with van der Waals surface area (Å²) in [6.45, 7) is 0.536. The number of para-hydroxylation sites is 1. The Balaban J connectivity index is 1.49. The minimum Gasteiger partial charge on any atom is -0.495 e. The van der Waals surface area contributed by atoms with Crippen molar-refractivity contribution >= 4 is 27.8 Å². The molecule has 9 nitrogen and oxygen atoms in total. The van der Waals surface area contributed by atoms with Gasteiger partial charge >= 0.3 is 0 Å². The average Bonchev–Trinajstić information content (AvgIpc) is 3.46. The average molecular weight is 514 g/mol. The van der Waals surface area contributed by atoms with Gasteiger partial charge in [0.15, 0.2) is 5.82 Å². The summed E-state index contributed by atoms with van der Waals surface area (Å²) in [7, 11) is 3.64. The highest BCUT2D eigenvalue weighted by molar-refractivity contribution is 6.01. The van der Waals surface area contributed by atoms with Crippen LogP contribution < -0.4 is 10.5 Å². The SMILES string of the molecule is COc1cccc2cc(-c3nc4cc5c(cc4n3C)CCN(C[C@H](N)CF)C5=O)n(Cc3cccnn3)c12. The van der Waals surface area contributed by atoms with Crippen molar-refractivity contribution < 1.29 is 13.9 Å². The largest absolute Gasteiger partial charge is 0.495 e. The van der Waals surface area contributed by atoms with Crippen LogP contribution in [0.4, 0.5) is 4.39 Å². The van der Waals surface area contributed by atoms with E-state index in [2.05, 4.69) is 25.4 Å². The summed E-state index contributed by atoms with van der Waals surface area (Å²) in [5, 5.41) is 9.36. The molecular formula is C28H28FN7O2. The number of halogens is 1. The van der Waals surface area contributed by atoms with E-state index < -0.39 is 12.7 Å². The van der Waals surface area contributed by atoms with Gasteiger partial charge in [0.25, 0.3) is 5.91 Å². The normalized spacial score (nSPS) is 14.3. The highest BCUT2D eigenvalue weighted by atomic mass is 19.1. The first-order valence-electron chi connectivity index (χ1n) is 12.5. The van der Waals surface area contributed by atoms with E-state index in [4.69, 9.17) is 15.5 Å². The number of rotatable bonds is 7. The fraction of sp³-hybridized carbons (Fsp3) is 0.286. The van der Waals surface area contributed by atoms with Crippen molar-refractivity contribution in [3.8, 4) is 17.3 Å². The molecule has 194 valence electrons. The van der Waals surface area contributed by atoms with Crippen molar-refractivity contribution in [2.75, 3.05) is 26.9 Å². The minimum atomic E-state index is -0.682. The van der Waals surface area contributed by atoms with Gasteiger partial charge in [0.1, 0.15) is 12.4 Å². The second-order valence-electron chi connectivity index (χ2n) is 9.64. The van der Waals surface area contributed by atoms with Gasteiger partial charge in [-0.3, -0.25) is 4.79 Å². The van der Waals surface area contributed by atoms with Crippen LogP contribution in [0.5, 0.6) is 5.75 Å². The molecule has 1 amide bonds. The van der Waals surface area contributed by atoms with Crippen molar-refractivity contribution in [2.45, 2.75) is 19.0 Å². The summed E-state index contributed by atoms with van der Waals surface area (Å²) >= 11 is 0. The number of carbonyl (C=O) groups excluding carboxylic acids is 1. The maximum Gasteiger partial charge on any atom is 0.254 e. The topological polar surface area (TPSA) is 104 Å². The zero-order valence-electron chi connectivity index (χ0n) is 21.3. The van der Waals surface area contributed by atoms with Crippen molar-refractivity contribution in [1.82, 2.24) is 29.2 Å². The molecule has 0 fully saturated rings. The lowest BCUT2D eigenvalue weighted by Gasteiger charge is -2.30. The van der Waals surface area contributed by atoms with Crippen LogP contribution in [-0.2, 0) is 20.0 Å². The van der Waals surface area contributed by atoms with E-state index in [1.54, 1.807) is 18.2 Å². The van der Waals surface area contributed by atoms with Gasteiger partial charge in [-0.25, -0.2) is 9.37 Å². The third-order valence-electron chi connectivity index (χ3n) is 7.21. The summed E-state index contributed by atoms with van der Waals surface area (Å²) in [6, 6.07) is 15.1. The number of nitrogens with zero attached hydrogens (tertiary/aromatic N) is 6. The van der Waals surface area contributed by atoms with Crippen LogP contribution in [0.1, 0.15) is 21.6 Å². The van der Waals surface area contributed by atoms with Crippen LogP contribution in [0.25, 0.3) is 33.5 Å². The summed E-state index contributed by atoms with van der Waals surface area (Å²) in [4.78, 5) is 19.8. The third-order valence-corrected chi connectivity index (χ3v) is 7.21. The van der Waals surface area contributed by atoms with Crippen molar-refractivity contribution in [3.05, 3.63) is 71.5 Å². The Labute approximate surface area is 218 Å². The molecule has 10 heteroatoms. The predicted molar refractivity (Wildman–Crippen MR) is 143 cm³/mol. The first kappa shape index (κ1) is 24.1. The first-order chi connectivity index (χ1) is 18.5. The number of aromatic nitrogens is 5. The van der Waals surface area contributed by atoms with Crippen LogP contribution in [0.15, 0.2) is 54.7 Å². The Hall–Kier alpha value is -4.31. The van der Waals surface area contributed by atoms with E-state index in [9.17, 15) is 9.18 Å². The molecule has 1 atom stereocenters. The number of imidazole rings is 1. The summed E-state index contributed by atoms with van der Waals surface area (Å²) < 4.78 is 22.9. The highest BCUT2D eigenvalue weighted by Crippen LogP contribution is 2.36. The number of benzene rings is 2. The van der Waals surface area contributed by atoms with Crippen molar-refractivity contribution in [1.29, 1.82) is 0 Å². The van der Waals surface area contributed by atoms with E-state index in [1.165, 1.54) is 0 Å². The molecule has 5 aromatic rings. The van der Waals surface area contributed by atoms with Gasteiger partial charge in [-0.15, -0.1) is 0 Å². The summed E-state index contributed by atoms with van der Waals surface area (Å²) in [5.41, 5.74) is 11.6. The maximum absolute atomic E-state index is 13.2. The minimum absolute atomic E-state index is 0.134. The smallest absolute Gasteiger partial charge is 0.254 e. The Morgan fingerprint density at radius 2 is 2.05 bits per heavy atom. The van der Waals surface area contributed by atoms with Crippen molar-refractivity contribution in [3.63, 3.8) is 0 Å². The van der Waals surface area contributed by atoms with Crippen LogP contribution >= 0.6 is 0 Å². The Bertz CT molecular complexity index is 1660. The summed E-state index contributed by atoms with van der Waals surface area (Å²) in [5.74, 6) is 1.38. The molecule has 0 saturated carbocycles. The number of aryl methyl sites for hydroxylation is 1. The molecule has 0 bridgehead atoms. The molecule has 6 rings (SSSR count). The molecule has 0 radical (unpaired) electrons. The fourth-order valence-corrected chi connectivity index (χ4v) is 5.33. The molecular weight excluding hydrogens is 485 g/mol. The number of methoxy groups -OCH3 is 1. The Morgan fingerprint density at radius 1 is 1.18 bits per heavy atom. The molecule has 1 aliphatic heterocycles. The van der Waals surface area contributed by atoms with Gasteiger partial charge in [0.2, 0.25) is 0 Å². The quantitative estimate of drug-likeness (QED) is 0.358. The Morgan fingerprint density at radius 3 is 2.82 bits per heavy atom. The molecule has 2 aromatic carbocycles. The fourth-order valence-electron chi connectivity index (χ4n) is 5.33. The van der Waals surface area contributed by atoms with Crippen molar-refractivity contribution in [2.24, 2.45) is 12.8 Å². The van der Waals surface area contributed by atoms with E-state index in [0.717, 1.165) is 50.5 Å². The van der Waals surface area contributed by atoms with Gasteiger partial charge in [-0.05, 0) is 48.4 Å². The number of fused-ring (bicyclic) bond motifs is 3. The molecule has 3 aromatic heterocycles. The van der Waals surface area contributed by atoms with Gasteiger partial charge in [0.05, 0.1) is 47.6 Å².